The number of carbonyl (C=O) groups is 2. The van der Waals surface area contributed by atoms with Crippen LogP contribution in [0, 0.1) is 0 Å². The molecule has 1 atom stereocenters. The van der Waals surface area contributed by atoms with E-state index in [2.05, 4.69) is 20.9 Å². The van der Waals surface area contributed by atoms with E-state index in [4.69, 9.17) is 4.74 Å². The Labute approximate surface area is 146 Å². The Morgan fingerprint density at radius 3 is 2.78 bits per heavy atom. The zero-order chi connectivity index (χ0) is 16.6. The van der Waals surface area contributed by atoms with Gasteiger partial charge in [0, 0.05) is 10.2 Å². The molecule has 1 aromatic carbocycles. The van der Waals surface area contributed by atoms with E-state index in [1.165, 1.54) is 16.7 Å². The second-order valence-electron chi connectivity index (χ2n) is 5.10. The predicted octanol–water partition coefficient (Wildman–Crippen LogP) is 3.27. The van der Waals surface area contributed by atoms with Crippen molar-refractivity contribution in [2.24, 2.45) is 4.99 Å². The van der Waals surface area contributed by atoms with Crippen LogP contribution in [0.15, 0.2) is 45.0 Å². The number of aliphatic imine (C=N–C) groups is 1. The lowest BCUT2D eigenvalue weighted by Crippen LogP contribution is -2.35. The van der Waals surface area contributed by atoms with E-state index in [1.54, 1.807) is 13.8 Å². The Morgan fingerprint density at radius 1 is 1.43 bits per heavy atom. The molecule has 0 saturated carbocycles. The number of ether oxygens (including phenoxy) is 1. The summed E-state index contributed by atoms with van der Waals surface area (Å²) in [5.41, 5.74) is 1.92. The van der Waals surface area contributed by atoms with Crippen molar-refractivity contribution in [1.82, 2.24) is 4.90 Å². The minimum Gasteiger partial charge on any atom is -0.463 e. The molecule has 0 aromatic heterocycles. The third-order valence-electron chi connectivity index (χ3n) is 3.68. The Morgan fingerprint density at radius 2 is 2.13 bits per heavy atom. The van der Waals surface area contributed by atoms with Gasteiger partial charge in [-0.05, 0) is 31.5 Å². The van der Waals surface area contributed by atoms with Crippen LogP contribution < -0.4 is 0 Å². The van der Waals surface area contributed by atoms with Gasteiger partial charge in [-0.15, -0.1) is 0 Å². The van der Waals surface area contributed by atoms with Crippen LogP contribution in [0.2, 0.25) is 0 Å². The fourth-order valence-corrected chi connectivity index (χ4v) is 3.83. The van der Waals surface area contributed by atoms with E-state index in [0.29, 0.717) is 22.2 Å². The number of benzene rings is 1. The summed E-state index contributed by atoms with van der Waals surface area (Å²) < 4.78 is 6.14. The van der Waals surface area contributed by atoms with Crippen molar-refractivity contribution < 1.29 is 14.3 Å². The van der Waals surface area contributed by atoms with Gasteiger partial charge in [-0.25, -0.2) is 9.79 Å². The highest BCUT2D eigenvalue weighted by Gasteiger charge is 2.40. The number of thioether (sulfide) groups is 1. The summed E-state index contributed by atoms with van der Waals surface area (Å²) in [5.74, 6) is -0.132. The zero-order valence-corrected chi connectivity index (χ0v) is 15.1. The van der Waals surface area contributed by atoms with E-state index in [-0.39, 0.29) is 12.5 Å². The number of rotatable bonds is 3. The number of fused-ring (bicyclic) bond motifs is 1. The summed E-state index contributed by atoms with van der Waals surface area (Å²) in [7, 11) is 0. The molecule has 23 heavy (non-hydrogen) atoms. The molecule has 1 saturated heterocycles. The molecule has 2 aliphatic heterocycles. The summed E-state index contributed by atoms with van der Waals surface area (Å²) >= 11 is 4.80. The Bertz CT molecular complexity index is 727. The SMILES string of the molecule is CCOC(=O)C1=C(C)N2C(=O)CSC2=N[C@H]1c1ccc(Br)cc1. The van der Waals surface area contributed by atoms with Gasteiger partial charge in [-0.3, -0.25) is 9.69 Å². The van der Waals surface area contributed by atoms with Gasteiger partial charge in [0.2, 0.25) is 5.91 Å². The first kappa shape index (κ1) is 16.3. The third kappa shape index (κ3) is 2.95. The van der Waals surface area contributed by atoms with Crippen LogP contribution in [0.4, 0.5) is 0 Å². The minimum atomic E-state index is -0.452. The lowest BCUT2D eigenvalue weighted by atomic mass is 9.96. The van der Waals surface area contributed by atoms with Gasteiger partial charge in [0.05, 0.1) is 17.9 Å². The smallest absolute Gasteiger partial charge is 0.338 e. The van der Waals surface area contributed by atoms with Gasteiger partial charge in [-0.1, -0.05) is 39.8 Å². The molecule has 1 aromatic rings. The molecular formula is C16H15BrN2O3S. The zero-order valence-electron chi connectivity index (χ0n) is 12.7. The van der Waals surface area contributed by atoms with E-state index in [1.807, 2.05) is 24.3 Å². The molecule has 1 fully saturated rings. The number of amidine groups is 1. The first-order valence-corrected chi connectivity index (χ1v) is 8.97. The topological polar surface area (TPSA) is 59.0 Å². The van der Waals surface area contributed by atoms with Gasteiger partial charge in [0.25, 0.3) is 0 Å². The molecule has 7 heteroatoms. The normalized spacial score (nSPS) is 20.5. The van der Waals surface area contributed by atoms with Gasteiger partial charge in [0.1, 0.15) is 6.04 Å². The summed E-state index contributed by atoms with van der Waals surface area (Å²) in [4.78, 5) is 30.7. The summed E-state index contributed by atoms with van der Waals surface area (Å²) in [6.07, 6.45) is 0. The molecule has 0 aliphatic carbocycles. The summed E-state index contributed by atoms with van der Waals surface area (Å²) in [6.45, 7) is 3.81. The van der Waals surface area contributed by atoms with Crippen molar-refractivity contribution in [3.05, 3.63) is 45.6 Å². The van der Waals surface area contributed by atoms with E-state index < -0.39 is 12.0 Å². The van der Waals surface area contributed by atoms with Crippen LogP contribution in [0.5, 0.6) is 0 Å². The van der Waals surface area contributed by atoms with E-state index in [0.717, 1.165) is 10.0 Å². The fourth-order valence-electron chi connectivity index (χ4n) is 2.64. The second kappa shape index (κ2) is 6.49. The van der Waals surface area contributed by atoms with Crippen LogP contribution in [0.3, 0.4) is 0 Å². The maximum atomic E-state index is 12.5. The summed E-state index contributed by atoms with van der Waals surface area (Å²) in [6, 6.07) is 7.21. The molecule has 2 heterocycles. The minimum absolute atomic E-state index is 0.0534. The second-order valence-corrected chi connectivity index (χ2v) is 6.96. The van der Waals surface area contributed by atoms with Crippen molar-refractivity contribution >= 4 is 44.7 Å². The molecule has 0 bridgehead atoms. The Hall–Kier alpha value is -1.60. The van der Waals surface area contributed by atoms with Gasteiger partial charge < -0.3 is 4.74 Å². The molecule has 1 amide bonds. The Kier molecular flexibility index (Phi) is 4.59. The van der Waals surface area contributed by atoms with Crippen molar-refractivity contribution in [1.29, 1.82) is 0 Å². The molecule has 2 aliphatic rings. The van der Waals surface area contributed by atoms with Crippen LogP contribution in [-0.2, 0) is 14.3 Å². The number of halogens is 1. The van der Waals surface area contributed by atoms with E-state index >= 15 is 0 Å². The Balaban J connectivity index is 2.09. The highest BCUT2D eigenvalue weighted by molar-refractivity contribution is 9.10. The van der Waals surface area contributed by atoms with Crippen LogP contribution in [0.25, 0.3) is 0 Å². The number of hydrogen-bond acceptors (Lipinski definition) is 5. The van der Waals surface area contributed by atoms with Gasteiger partial charge in [-0.2, -0.15) is 0 Å². The average Bonchev–Trinajstić information content (AvgIpc) is 2.89. The summed E-state index contributed by atoms with van der Waals surface area (Å²) in [5, 5.41) is 0.647. The third-order valence-corrected chi connectivity index (χ3v) is 5.15. The van der Waals surface area contributed by atoms with Crippen molar-refractivity contribution in [3.8, 4) is 0 Å². The van der Waals surface area contributed by atoms with Crippen molar-refractivity contribution in [2.45, 2.75) is 19.9 Å². The number of nitrogens with zero attached hydrogens (tertiary/aromatic N) is 2. The average molecular weight is 395 g/mol. The monoisotopic (exact) mass is 394 g/mol. The first-order chi connectivity index (χ1) is 11.0. The largest absolute Gasteiger partial charge is 0.463 e. The number of carbonyl (C=O) groups excluding carboxylic acids is 2. The molecule has 0 radical (unpaired) electrons. The first-order valence-electron chi connectivity index (χ1n) is 7.19. The molecule has 0 N–H and O–H groups in total. The van der Waals surface area contributed by atoms with Crippen molar-refractivity contribution in [2.75, 3.05) is 12.4 Å². The maximum Gasteiger partial charge on any atom is 0.338 e. The highest BCUT2D eigenvalue weighted by atomic mass is 79.9. The number of esters is 1. The lowest BCUT2D eigenvalue weighted by Gasteiger charge is -2.29. The van der Waals surface area contributed by atoms with E-state index in [9.17, 15) is 9.59 Å². The van der Waals surface area contributed by atoms with Gasteiger partial charge in [0.15, 0.2) is 5.17 Å². The lowest BCUT2D eigenvalue weighted by molar-refractivity contribution is -0.139. The van der Waals surface area contributed by atoms with Crippen molar-refractivity contribution in [3.63, 3.8) is 0 Å². The van der Waals surface area contributed by atoms with Crippen LogP contribution >= 0.6 is 27.7 Å². The molecule has 0 unspecified atom stereocenters. The molecule has 3 rings (SSSR count). The fraction of sp³-hybridized carbons (Fsp3) is 0.312. The predicted molar refractivity (Wildman–Crippen MR) is 93.0 cm³/mol. The molecule has 5 nitrogen and oxygen atoms in total. The maximum absolute atomic E-state index is 12.5. The van der Waals surface area contributed by atoms with Crippen LogP contribution in [-0.4, -0.2) is 34.3 Å². The quantitative estimate of drug-likeness (QED) is 0.738. The number of amides is 1. The number of allylic oxidation sites excluding steroid dienone is 1. The molecular weight excluding hydrogens is 380 g/mol. The van der Waals surface area contributed by atoms with Gasteiger partial charge >= 0.3 is 5.97 Å². The molecule has 120 valence electrons. The standard InChI is InChI=1S/C16H15BrN2O3S/c1-3-22-15(21)13-9(2)19-12(20)8-23-16(19)18-14(13)10-4-6-11(17)7-5-10/h4-7,14H,3,8H2,1-2H3/t14-/m0/s1. The van der Waals surface area contributed by atoms with Crippen LogP contribution in [0.1, 0.15) is 25.5 Å². The highest BCUT2D eigenvalue weighted by Crippen LogP contribution is 2.39. The number of hydrogen-bond donors (Lipinski definition) is 0. The molecule has 0 spiro atoms.